The second-order valence-corrected chi connectivity index (χ2v) is 9.61. The van der Waals surface area contributed by atoms with Gasteiger partial charge in [-0.2, -0.15) is 15.0 Å². The molecule has 2 amide bonds. The summed E-state index contributed by atoms with van der Waals surface area (Å²) in [6.07, 6.45) is 3.21. The maximum Gasteiger partial charge on any atom is 0.326 e. The lowest BCUT2D eigenvalue weighted by atomic mass is 10.1. The van der Waals surface area contributed by atoms with Crippen molar-refractivity contribution < 1.29 is 13.2 Å². The van der Waals surface area contributed by atoms with Gasteiger partial charge < -0.3 is 15.5 Å². The Labute approximate surface area is 201 Å². The molecule has 0 bridgehead atoms. The van der Waals surface area contributed by atoms with Gasteiger partial charge in [-0.15, -0.1) is 0 Å². The van der Waals surface area contributed by atoms with E-state index in [4.69, 9.17) is 16.7 Å². The van der Waals surface area contributed by atoms with Gasteiger partial charge in [0.2, 0.25) is 27.9 Å². The topological polar surface area (TPSA) is 155 Å². The molecule has 13 heteroatoms. The van der Waals surface area contributed by atoms with Crippen LogP contribution < -0.4 is 26.0 Å². The number of hydrogen-bond acceptors (Lipinski definition) is 8. The van der Waals surface area contributed by atoms with Crippen molar-refractivity contribution in [2.75, 3.05) is 33.9 Å². The maximum atomic E-state index is 12.5. The molecule has 1 aliphatic heterocycles. The van der Waals surface area contributed by atoms with Gasteiger partial charge in [0.05, 0.1) is 4.90 Å². The van der Waals surface area contributed by atoms with Crippen LogP contribution in [0.15, 0.2) is 53.4 Å². The predicted octanol–water partition coefficient (Wildman–Crippen LogP) is 3.55. The average Bonchev–Trinajstić information content (AvgIpc) is 2.81. The number of urea groups is 1. The van der Waals surface area contributed by atoms with Crippen LogP contribution in [0.1, 0.15) is 19.3 Å². The number of amides is 2. The Morgan fingerprint density at radius 2 is 1.47 bits per heavy atom. The fourth-order valence-corrected chi connectivity index (χ4v) is 4.01. The number of carbonyl (C=O) groups excluding carboxylic acids is 1. The monoisotopic (exact) mass is 502 g/mol. The van der Waals surface area contributed by atoms with Crippen LogP contribution in [0.3, 0.4) is 0 Å². The molecule has 1 fully saturated rings. The number of nitrogens with one attached hydrogen (secondary N) is 3. The highest BCUT2D eigenvalue weighted by atomic mass is 35.5. The van der Waals surface area contributed by atoms with E-state index in [-0.39, 0.29) is 16.8 Å². The van der Waals surface area contributed by atoms with E-state index < -0.39 is 16.1 Å². The van der Waals surface area contributed by atoms with E-state index in [1.54, 1.807) is 24.3 Å². The van der Waals surface area contributed by atoms with Gasteiger partial charge in [-0.3, -0.25) is 5.32 Å². The zero-order valence-corrected chi connectivity index (χ0v) is 19.6. The number of sulfonamides is 1. The number of hydrogen-bond donors (Lipinski definition) is 4. The van der Waals surface area contributed by atoms with Crippen molar-refractivity contribution in [1.29, 1.82) is 0 Å². The molecule has 1 saturated heterocycles. The van der Waals surface area contributed by atoms with E-state index in [9.17, 15) is 13.2 Å². The summed E-state index contributed by atoms with van der Waals surface area (Å²) in [5.74, 6) is 0.787. The third-order valence-corrected chi connectivity index (χ3v) is 6.21. The summed E-state index contributed by atoms with van der Waals surface area (Å²) < 4.78 is 22.8. The van der Waals surface area contributed by atoms with Gasteiger partial charge in [-0.25, -0.2) is 18.4 Å². The second kappa shape index (κ2) is 10.2. The number of nitrogens with two attached hydrogens (primary N) is 1. The molecule has 0 radical (unpaired) electrons. The van der Waals surface area contributed by atoms with Crippen molar-refractivity contribution in [3.8, 4) is 0 Å². The molecule has 0 aliphatic carbocycles. The molecule has 0 saturated carbocycles. The zero-order chi connectivity index (χ0) is 24.1. The van der Waals surface area contributed by atoms with Gasteiger partial charge in [-0.05, 0) is 67.8 Å². The molecule has 4 rings (SSSR count). The van der Waals surface area contributed by atoms with Gasteiger partial charge >= 0.3 is 6.03 Å². The second-order valence-electron chi connectivity index (χ2n) is 7.61. The number of rotatable bonds is 6. The molecule has 2 aromatic carbocycles. The Morgan fingerprint density at radius 1 is 0.853 bits per heavy atom. The van der Waals surface area contributed by atoms with Gasteiger partial charge in [-0.1, -0.05) is 11.6 Å². The molecule has 0 unspecified atom stereocenters. The van der Waals surface area contributed by atoms with Crippen LogP contribution in [0.25, 0.3) is 0 Å². The number of anilines is 5. The summed E-state index contributed by atoms with van der Waals surface area (Å²) in [4.78, 5) is 27.8. The van der Waals surface area contributed by atoms with Crippen molar-refractivity contribution in [3.63, 3.8) is 0 Å². The Balaban J connectivity index is 1.53. The number of benzene rings is 2. The minimum absolute atomic E-state index is 0.0555. The first-order valence-corrected chi connectivity index (χ1v) is 12.4. The Hall–Kier alpha value is -3.48. The Morgan fingerprint density at radius 3 is 2.12 bits per heavy atom. The number of nitrogens with zero attached hydrogens (tertiary/aromatic N) is 4. The largest absolute Gasteiger partial charge is 0.341 e. The third-order valence-electron chi connectivity index (χ3n) is 5.03. The Bertz CT molecular complexity index is 1260. The van der Waals surface area contributed by atoms with E-state index in [2.05, 4.69) is 30.9 Å². The van der Waals surface area contributed by atoms with Crippen LogP contribution in [0.4, 0.5) is 34.0 Å². The lowest BCUT2D eigenvalue weighted by Gasteiger charge is -2.27. The minimum atomic E-state index is -3.82. The van der Waals surface area contributed by atoms with Gasteiger partial charge in [0.15, 0.2) is 0 Å². The molecule has 0 atom stereocenters. The lowest BCUT2D eigenvalue weighted by Crippen LogP contribution is -2.32. The molecular formula is C21H23ClN8O3S. The fourth-order valence-electron chi connectivity index (χ4n) is 3.37. The highest BCUT2D eigenvalue weighted by molar-refractivity contribution is 7.89. The van der Waals surface area contributed by atoms with Gasteiger partial charge in [0.1, 0.15) is 0 Å². The summed E-state index contributed by atoms with van der Waals surface area (Å²) in [6, 6.07) is 11.9. The predicted molar refractivity (Wildman–Crippen MR) is 131 cm³/mol. The van der Waals surface area contributed by atoms with Gasteiger partial charge in [0.25, 0.3) is 0 Å². The van der Waals surface area contributed by atoms with Crippen molar-refractivity contribution >= 4 is 56.9 Å². The maximum absolute atomic E-state index is 12.5. The first-order valence-electron chi connectivity index (χ1n) is 10.5. The molecule has 5 N–H and O–H groups in total. The van der Waals surface area contributed by atoms with Crippen molar-refractivity contribution in [1.82, 2.24) is 15.0 Å². The van der Waals surface area contributed by atoms with Crippen molar-refractivity contribution in [3.05, 3.63) is 53.6 Å². The molecule has 0 spiro atoms. The zero-order valence-electron chi connectivity index (χ0n) is 18.0. The summed E-state index contributed by atoms with van der Waals surface area (Å²) in [5.41, 5.74) is 1.10. The molecule has 3 aromatic rings. The molecule has 178 valence electrons. The van der Waals surface area contributed by atoms with E-state index in [0.29, 0.717) is 16.7 Å². The normalized spacial score (nSPS) is 13.9. The number of halogens is 1. The SMILES string of the molecule is NS(=O)(=O)c1ccc(NC(=O)Nc2nc(Nc3ccc(Cl)cc3)nc(N3CCCCC3)n2)cc1. The average molecular weight is 503 g/mol. The van der Waals surface area contributed by atoms with E-state index in [1.165, 1.54) is 24.3 Å². The minimum Gasteiger partial charge on any atom is -0.341 e. The number of piperidine rings is 1. The van der Waals surface area contributed by atoms with Crippen LogP contribution in [-0.2, 0) is 10.0 Å². The van der Waals surface area contributed by atoms with Crippen LogP contribution in [0.2, 0.25) is 5.02 Å². The summed E-state index contributed by atoms with van der Waals surface area (Å²) in [5, 5.41) is 14.0. The van der Waals surface area contributed by atoms with Crippen molar-refractivity contribution in [2.45, 2.75) is 24.2 Å². The number of primary sulfonamides is 1. The van der Waals surface area contributed by atoms with E-state index in [0.717, 1.165) is 38.0 Å². The third kappa shape index (κ3) is 6.31. The molecular weight excluding hydrogens is 480 g/mol. The van der Waals surface area contributed by atoms with Crippen molar-refractivity contribution in [2.24, 2.45) is 5.14 Å². The Kier molecular flexibility index (Phi) is 7.10. The first-order chi connectivity index (χ1) is 16.3. The summed E-state index contributed by atoms with van der Waals surface area (Å²) >= 11 is 5.96. The first kappa shape index (κ1) is 23.7. The van der Waals surface area contributed by atoms with Crippen LogP contribution in [0.5, 0.6) is 0 Å². The summed E-state index contributed by atoms with van der Waals surface area (Å²) in [7, 11) is -3.82. The molecule has 11 nitrogen and oxygen atoms in total. The summed E-state index contributed by atoms with van der Waals surface area (Å²) in [6.45, 7) is 1.62. The lowest BCUT2D eigenvalue weighted by molar-refractivity contribution is 0.262. The van der Waals surface area contributed by atoms with Gasteiger partial charge in [0, 0.05) is 29.5 Å². The molecule has 2 heterocycles. The highest BCUT2D eigenvalue weighted by Gasteiger charge is 2.18. The smallest absolute Gasteiger partial charge is 0.326 e. The van der Waals surface area contributed by atoms with E-state index >= 15 is 0 Å². The quantitative estimate of drug-likeness (QED) is 0.398. The molecule has 34 heavy (non-hydrogen) atoms. The number of carbonyl (C=O) groups is 1. The molecule has 1 aliphatic rings. The number of aromatic nitrogens is 3. The van der Waals surface area contributed by atoms with Crippen LogP contribution >= 0.6 is 11.6 Å². The molecule has 1 aromatic heterocycles. The fraction of sp³-hybridized carbons (Fsp3) is 0.238. The van der Waals surface area contributed by atoms with Crippen LogP contribution in [0, 0.1) is 0 Å². The van der Waals surface area contributed by atoms with E-state index in [1.807, 2.05) is 4.90 Å². The van der Waals surface area contributed by atoms with Crippen LogP contribution in [-0.4, -0.2) is 42.5 Å². The highest BCUT2D eigenvalue weighted by Crippen LogP contribution is 2.22. The standard InChI is InChI=1S/C21H23ClN8O3S/c22-14-4-6-15(7-5-14)24-18-26-19(28-20(27-18)30-12-2-1-3-13-30)29-21(31)25-16-8-10-17(11-9-16)34(23,32)33/h4-11H,1-3,12-13H2,(H2,23,32,33)(H3,24,25,26,27,28,29,31).